The molecule has 1 fully saturated rings. The molecule has 138 valence electrons. The second-order valence-corrected chi connectivity index (χ2v) is 8.25. The average molecular weight is 359 g/mol. The van der Waals surface area contributed by atoms with E-state index in [1.165, 1.54) is 18.6 Å². The maximum Gasteiger partial charge on any atom is 0.272 e. The van der Waals surface area contributed by atoms with Crippen LogP contribution >= 0.6 is 0 Å². The van der Waals surface area contributed by atoms with Gasteiger partial charge in [0.2, 0.25) is 12.0 Å². The van der Waals surface area contributed by atoms with E-state index in [1.807, 2.05) is 20.8 Å². The minimum Gasteiger partial charge on any atom is -0.619 e. The van der Waals surface area contributed by atoms with E-state index < -0.39 is 18.1 Å². The van der Waals surface area contributed by atoms with Gasteiger partial charge in [0.15, 0.2) is 11.9 Å². The summed E-state index contributed by atoms with van der Waals surface area (Å²) in [6.07, 6.45) is 5.91. The lowest BCUT2D eigenvalue weighted by Gasteiger charge is -2.28. The highest BCUT2D eigenvalue weighted by Gasteiger charge is 2.50. The lowest BCUT2D eigenvalue weighted by Crippen LogP contribution is -2.45. The highest BCUT2D eigenvalue weighted by Crippen LogP contribution is 2.57. The number of hydrogen-bond donors (Lipinski definition) is 1. The van der Waals surface area contributed by atoms with Crippen LogP contribution in [0, 0.1) is 16.5 Å². The molecule has 0 radical (unpaired) electrons. The Morgan fingerprint density at radius 1 is 1.54 bits per heavy atom. The standard InChI is InChI=1S/C18H22FN5O2/c1-18(2,3)13(8-19)21-17(25)15-12-7-10-6-11(10)16(12)24(22-15)14-9-23(26)5-4-20-14/h4-5,9-11,13H,6-8H2,1-3H3,(H,21,25)/t10-,11-,13+/m0/s1. The molecular formula is C18H22FN5O2. The van der Waals surface area contributed by atoms with Crippen LogP contribution in [0.4, 0.5) is 4.39 Å². The van der Waals surface area contributed by atoms with Gasteiger partial charge in [0, 0.05) is 11.5 Å². The second kappa shape index (κ2) is 5.75. The van der Waals surface area contributed by atoms with Gasteiger partial charge in [0.1, 0.15) is 6.67 Å². The third kappa shape index (κ3) is 2.73. The smallest absolute Gasteiger partial charge is 0.272 e. The van der Waals surface area contributed by atoms with Gasteiger partial charge in [0.25, 0.3) is 5.91 Å². The zero-order chi connectivity index (χ0) is 18.6. The number of halogens is 1. The van der Waals surface area contributed by atoms with Gasteiger partial charge < -0.3 is 10.5 Å². The molecule has 8 heteroatoms. The van der Waals surface area contributed by atoms with Crippen molar-refractivity contribution in [3.05, 3.63) is 40.7 Å². The molecule has 2 heterocycles. The third-order valence-electron chi connectivity index (χ3n) is 5.36. The van der Waals surface area contributed by atoms with Crippen LogP contribution in [0.1, 0.15) is 54.9 Å². The number of alkyl halides is 1. The van der Waals surface area contributed by atoms with Gasteiger partial charge >= 0.3 is 0 Å². The van der Waals surface area contributed by atoms with Gasteiger partial charge in [-0.25, -0.2) is 14.1 Å². The fourth-order valence-corrected chi connectivity index (χ4v) is 3.66. The number of carbonyl (C=O) groups is 1. The van der Waals surface area contributed by atoms with Gasteiger partial charge in [-0.3, -0.25) is 4.79 Å². The molecular weight excluding hydrogens is 337 g/mol. The summed E-state index contributed by atoms with van der Waals surface area (Å²) in [7, 11) is 0. The highest BCUT2D eigenvalue weighted by molar-refractivity contribution is 5.94. The van der Waals surface area contributed by atoms with E-state index in [1.54, 1.807) is 4.68 Å². The molecule has 0 aromatic carbocycles. The molecule has 2 aliphatic carbocycles. The predicted octanol–water partition coefficient (Wildman–Crippen LogP) is 1.67. The van der Waals surface area contributed by atoms with Gasteiger partial charge in [-0.2, -0.15) is 9.83 Å². The van der Waals surface area contributed by atoms with Crippen LogP contribution in [0.2, 0.25) is 0 Å². The Morgan fingerprint density at radius 3 is 2.96 bits per heavy atom. The van der Waals surface area contributed by atoms with E-state index in [2.05, 4.69) is 15.4 Å². The lowest BCUT2D eigenvalue weighted by atomic mass is 9.87. The zero-order valence-corrected chi connectivity index (χ0v) is 15.1. The maximum atomic E-state index is 13.4. The second-order valence-electron chi connectivity index (χ2n) is 8.25. The first-order valence-corrected chi connectivity index (χ1v) is 8.83. The summed E-state index contributed by atoms with van der Waals surface area (Å²) >= 11 is 0. The molecule has 0 saturated heterocycles. The number of nitrogens with zero attached hydrogens (tertiary/aromatic N) is 4. The maximum absolute atomic E-state index is 13.4. The van der Waals surface area contributed by atoms with Crippen molar-refractivity contribution in [1.29, 1.82) is 0 Å². The first kappa shape index (κ1) is 16.9. The van der Waals surface area contributed by atoms with Crippen LogP contribution in [0.5, 0.6) is 0 Å². The number of aromatic nitrogens is 4. The van der Waals surface area contributed by atoms with Crippen LogP contribution in [0.15, 0.2) is 18.6 Å². The van der Waals surface area contributed by atoms with E-state index in [4.69, 9.17) is 0 Å². The molecule has 2 aliphatic rings. The summed E-state index contributed by atoms with van der Waals surface area (Å²) in [4.78, 5) is 17.0. The van der Waals surface area contributed by atoms with Crippen molar-refractivity contribution in [2.75, 3.05) is 6.67 Å². The first-order chi connectivity index (χ1) is 12.3. The Kier molecular flexibility index (Phi) is 3.75. The van der Waals surface area contributed by atoms with Crippen LogP contribution in [-0.2, 0) is 6.42 Å². The average Bonchev–Trinajstić information content (AvgIpc) is 3.07. The van der Waals surface area contributed by atoms with Crippen LogP contribution in [0.25, 0.3) is 5.82 Å². The summed E-state index contributed by atoms with van der Waals surface area (Å²) in [6, 6.07) is -0.592. The van der Waals surface area contributed by atoms with E-state index in [-0.39, 0.29) is 5.91 Å². The van der Waals surface area contributed by atoms with E-state index in [0.717, 1.165) is 24.1 Å². The minimum atomic E-state index is -0.639. The Morgan fingerprint density at radius 2 is 2.31 bits per heavy atom. The molecule has 4 rings (SSSR count). The fourth-order valence-electron chi connectivity index (χ4n) is 3.66. The van der Waals surface area contributed by atoms with Crippen molar-refractivity contribution in [3.63, 3.8) is 0 Å². The van der Waals surface area contributed by atoms with Crippen LogP contribution in [0.3, 0.4) is 0 Å². The number of hydrogen-bond acceptors (Lipinski definition) is 4. The van der Waals surface area contributed by atoms with E-state index in [0.29, 0.717) is 28.1 Å². The van der Waals surface area contributed by atoms with Crippen molar-refractivity contribution < 1.29 is 13.9 Å². The van der Waals surface area contributed by atoms with Gasteiger partial charge in [-0.1, -0.05) is 20.8 Å². The number of nitrogens with one attached hydrogen (secondary N) is 1. The normalized spacial score (nSPS) is 21.8. The minimum absolute atomic E-state index is 0.318. The molecule has 2 aromatic rings. The summed E-state index contributed by atoms with van der Waals surface area (Å²) in [6.45, 7) is 5.02. The van der Waals surface area contributed by atoms with E-state index >= 15 is 0 Å². The monoisotopic (exact) mass is 359 g/mol. The van der Waals surface area contributed by atoms with Gasteiger partial charge in [-0.05, 0) is 24.2 Å². The summed E-state index contributed by atoms with van der Waals surface area (Å²) in [5.74, 6) is 0.914. The molecule has 0 unspecified atom stereocenters. The molecule has 0 bridgehead atoms. The predicted molar refractivity (Wildman–Crippen MR) is 91.6 cm³/mol. The molecule has 1 amide bonds. The largest absolute Gasteiger partial charge is 0.619 e. The van der Waals surface area contributed by atoms with Crippen LogP contribution in [-0.4, -0.2) is 33.4 Å². The molecule has 1 N–H and O–H groups in total. The molecule has 3 atom stereocenters. The van der Waals surface area contributed by atoms with Crippen molar-refractivity contribution in [1.82, 2.24) is 20.1 Å². The third-order valence-corrected chi connectivity index (χ3v) is 5.36. The molecule has 0 spiro atoms. The first-order valence-electron chi connectivity index (χ1n) is 8.83. The topological polar surface area (TPSA) is 86.8 Å². The molecule has 1 saturated carbocycles. The van der Waals surface area contributed by atoms with Gasteiger partial charge in [0.05, 0.1) is 17.9 Å². The van der Waals surface area contributed by atoms with E-state index in [9.17, 15) is 14.4 Å². The lowest BCUT2D eigenvalue weighted by molar-refractivity contribution is -0.605. The molecule has 2 aromatic heterocycles. The zero-order valence-electron chi connectivity index (χ0n) is 15.1. The summed E-state index contributed by atoms with van der Waals surface area (Å²) in [5, 5.41) is 18.8. The van der Waals surface area contributed by atoms with Crippen molar-refractivity contribution >= 4 is 5.91 Å². The Balaban J connectivity index is 1.71. The van der Waals surface area contributed by atoms with Crippen molar-refractivity contribution in [2.45, 2.75) is 45.6 Å². The Hall–Kier alpha value is -2.51. The number of rotatable bonds is 4. The molecule has 0 aliphatic heterocycles. The highest BCUT2D eigenvalue weighted by atomic mass is 19.1. The number of fused-ring (bicyclic) bond motifs is 3. The van der Waals surface area contributed by atoms with Crippen molar-refractivity contribution in [2.24, 2.45) is 11.3 Å². The summed E-state index contributed by atoms with van der Waals surface area (Å²) < 4.78 is 15.7. The SMILES string of the molecule is CC(C)(C)[C@@H](CF)NC(=O)c1nn(-c2c[n+]([O-])ccn2)c2c1C[C@@H]1C[C@H]21. The number of carbonyl (C=O) groups excluding carboxylic acids is 1. The number of amides is 1. The molecule has 7 nitrogen and oxygen atoms in total. The van der Waals surface area contributed by atoms with Gasteiger partial charge in [-0.15, -0.1) is 0 Å². The summed E-state index contributed by atoms with van der Waals surface area (Å²) in [5.41, 5.74) is 1.79. The fraction of sp³-hybridized carbons (Fsp3) is 0.556. The Labute approximate surface area is 150 Å². The quantitative estimate of drug-likeness (QED) is 0.665. The van der Waals surface area contributed by atoms with Crippen molar-refractivity contribution in [3.8, 4) is 5.82 Å². The molecule has 26 heavy (non-hydrogen) atoms. The Bertz CT molecular complexity index is 873. The van der Waals surface area contributed by atoms with Crippen LogP contribution < -0.4 is 10.0 Å².